The Balaban J connectivity index is 1.59. The number of benzene rings is 2. The van der Waals surface area contributed by atoms with Crippen LogP contribution in [-0.2, 0) is 17.8 Å². The van der Waals surface area contributed by atoms with Crippen LogP contribution < -0.4 is 5.32 Å². The second kappa shape index (κ2) is 8.97. The molecule has 2 aromatic carbocycles. The molecule has 1 heterocycles. The van der Waals surface area contributed by atoms with Crippen LogP contribution in [0, 0.1) is 11.7 Å². The van der Waals surface area contributed by atoms with Gasteiger partial charge >= 0.3 is 0 Å². The first-order valence-corrected chi connectivity index (χ1v) is 9.92. The number of nitrogens with zero attached hydrogens (tertiary/aromatic N) is 2. The number of carbonyl (C=O) groups excluding carboxylic acids is 1. The topological polar surface area (TPSA) is 62.7 Å². The molecule has 6 heteroatoms. The molecular formula is C22H26N4OS. The zero-order valence-corrected chi connectivity index (χ0v) is 17.3. The third-order valence-electron chi connectivity index (χ3n) is 4.75. The molecule has 0 spiro atoms. The summed E-state index contributed by atoms with van der Waals surface area (Å²) in [5, 5.41) is 10.0. The van der Waals surface area contributed by atoms with E-state index >= 15 is 0 Å². The predicted octanol–water partition coefficient (Wildman–Crippen LogP) is 4.40. The third kappa shape index (κ3) is 4.95. The van der Waals surface area contributed by atoms with E-state index in [-0.39, 0.29) is 12.5 Å². The van der Waals surface area contributed by atoms with Crippen LogP contribution >= 0.6 is 12.2 Å². The smallest absolute Gasteiger partial charge is 0.240 e. The molecule has 0 saturated carbocycles. The maximum atomic E-state index is 12.4. The van der Waals surface area contributed by atoms with Crippen molar-refractivity contribution in [2.24, 2.45) is 0 Å². The first-order chi connectivity index (χ1) is 13.4. The van der Waals surface area contributed by atoms with Crippen molar-refractivity contribution in [3.05, 3.63) is 70.0 Å². The number of H-pyrrole nitrogens is 1. The monoisotopic (exact) mass is 394 g/mol. The van der Waals surface area contributed by atoms with Gasteiger partial charge < -0.3 is 5.32 Å². The first kappa shape index (κ1) is 20.0. The fraction of sp³-hybridized carbons (Fsp3) is 0.318. The summed E-state index contributed by atoms with van der Waals surface area (Å²) in [6.07, 6.45) is 0.797. The Labute approximate surface area is 170 Å². The lowest BCUT2D eigenvalue weighted by atomic mass is 10.0. The van der Waals surface area contributed by atoms with Crippen LogP contribution in [0.25, 0.3) is 11.4 Å². The summed E-state index contributed by atoms with van der Waals surface area (Å²) in [4.78, 5) is 12.4. The second-order valence-electron chi connectivity index (χ2n) is 7.30. The van der Waals surface area contributed by atoms with Crippen LogP contribution in [0.2, 0.25) is 0 Å². The Morgan fingerprint density at radius 1 is 1.14 bits per heavy atom. The summed E-state index contributed by atoms with van der Waals surface area (Å²) in [5.74, 6) is 1.12. The summed E-state index contributed by atoms with van der Waals surface area (Å²) < 4.78 is 2.17. The number of aryl methyl sites for hydroxylation is 1. The molecule has 0 unspecified atom stereocenters. The molecule has 0 aliphatic rings. The number of nitrogens with one attached hydrogen (secondary N) is 2. The van der Waals surface area contributed by atoms with Gasteiger partial charge in [0, 0.05) is 12.1 Å². The summed E-state index contributed by atoms with van der Waals surface area (Å²) in [6, 6.07) is 16.6. The Morgan fingerprint density at radius 2 is 1.82 bits per heavy atom. The van der Waals surface area contributed by atoms with Crippen molar-refractivity contribution in [3.63, 3.8) is 0 Å². The zero-order chi connectivity index (χ0) is 20.1. The van der Waals surface area contributed by atoms with Gasteiger partial charge in [0.15, 0.2) is 10.6 Å². The molecule has 3 aromatic rings. The van der Waals surface area contributed by atoms with Crippen molar-refractivity contribution in [1.82, 2.24) is 20.1 Å². The minimum atomic E-state index is -0.0790. The van der Waals surface area contributed by atoms with E-state index in [0.717, 1.165) is 12.0 Å². The van der Waals surface area contributed by atoms with Crippen LogP contribution in [0.15, 0.2) is 48.5 Å². The number of aromatic amines is 1. The highest BCUT2D eigenvalue weighted by Crippen LogP contribution is 2.18. The fourth-order valence-electron chi connectivity index (χ4n) is 3.00. The number of hydrogen-bond acceptors (Lipinski definition) is 3. The van der Waals surface area contributed by atoms with Gasteiger partial charge in [-0.15, -0.1) is 0 Å². The van der Waals surface area contributed by atoms with Gasteiger partial charge in [0.05, 0.1) is 0 Å². The molecule has 28 heavy (non-hydrogen) atoms. The first-order valence-electron chi connectivity index (χ1n) is 9.52. The van der Waals surface area contributed by atoms with E-state index in [4.69, 9.17) is 12.2 Å². The zero-order valence-electron chi connectivity index (χ0n) is 16.5. The molecule has 1 aromatic heterocycles. The minimum absolute atomic E-state index is 0.0790. The summed E-state index contributed by atoms with van der Waals surface area (Å²) in [6.45, 7) is 7.13. The van der Waals surface area contributed by atoms with Crippen LogP contribution in [-0.4, -0.2) is 27.2 Å². The fourth-order valence-corrected chi connectivity index (χ4v) is 3.20. The van der Waals surface area contributed by atoms with E-state index in [1.807, 2.05) is 31.2 Å². The molecular weight excluding hydrogens is 368 g/mol. The van der Waals surface area contributed by atoms with Crippen molar-refractivity contribution in [2.75, 3.05) is 6.54 Å². The summed E-state index contributed by atoms with van der Waals surface area (Å²) >= 11 is 5.30. The third-order valence-corrected chi connectivity index (χ3v) is 5.06. The number of aromatic nitrogens is 3. The molecule has 3 rings (SSSR count). The van der Waals surface area contributed by atoms with Crippen LogP contribution in [0.5, 0.6) is 0 Å². The average molecular weight is 395 g/mol. The van der Waals surface area contributed by atoms with E-state index in [0.29, 0.717) is 23.1 Å². The van der Waals surface area contributed by atoms with Gasteiger partial charge in [0.2, 0.25) is 5.91 Å². The highest BCUT2D eigenvalue weighted by molar-refractivity contribution is 7.71. The van der Waals surface area contributed by atoms with Gasteiger partial charge in [-0.25, -0.2) is 0 Å². The van der Waals surface area contributed by atoms with E-state index in [1.165, 1.54) is 16.7 Å². The lowest BCUT2D eigenvalue weighted by Gasteiger charge is -2.09. The highest BCUT2D eigenvalue weighted by Gasteiger charge is 2.12. The van der Waals surface area contributed by atoms with E-state index < -0.39 is 0 Å². The lowest BCUT2D eigenvalue weighted by molar-refractivity contribution is -0.121. The molecule has 146 valence electrons. The van der Waals surface area contributed by atoms with Gasteiger partial charge in [0.1, 0.15) is 6.54 Å². The second-order valence-corrected chi connectivity index (χ2v) is 7.69. The Hall–Kier alpha value is -2.73. The SMILES string of the molecule is Cc1ccc(-c2n[nH]c(=S)n2CC(=O)NCCc2ccc(C(C)C)cc2)cc1. The summed E-state index contributed by atoms with van der Waals surface area (Å²) in [7, 11) is 0. The molecule has 0 saturated heterocycles. The maximum absolute atomic E-state index is 12.4. The number of hydrogen-bond donors (Lipinski definition) is 2. The largest absolute Gasteiger partial charge is 0.354 e. The number of amides is 1. The van der Waals surface area contributed by atoms with Gasteiger partial charge in [-0.3, -0.25) is 14.5 Å². The Bertz CT molecular complexity index is 985. The molecule has 0 atom stereocenters. The van der Waals surface area contributed by atoms with Crippen LogP contribution in [0.3, 0.4) is 0 Å². The van der Waals surface area contributed by atoms with E-state index in [9.17, 15) is 4.79 Å². The summed E-state index contributed by atoms with van der Waals surface area (Å²) in [5.41, 5.74) is 4.63. The molecule has 0 aliphatic heterocycles. The van der Waals surface area contributed by atoms with Gasteiger partial charge in [0.25, 0.3) is 0 Å². The number of rotatable bonds is 7. The predicted molar refractivity (Wildman–Crippen MR) is 115 cm³/mol. The van der Waals surface area contributed by atoms with Crippen molar-refractivity contribution in [1.29, 1.82) is 0 Å². The van der Waals surface area contributed by atoms with Crippen molar-refractivity contribution >= 4 is 18.1 Å². The van der Waals surface area contributed by atoms with Crippen molar-refractivity contribution in [2.45, 2.75) is 39.7 Å². The van der Waals surface area contributed by atoms with Gasteiger partial charge in [-0.2, -0.15) is 5.10 Å². The van der Waals surface area contributed by atoms with E-state index in [2.05, 4.69) is 53.6 Å². The Morgan fingerprint density at radius 3 is 2.46 bits per heavy atom. The number of carbonyl (C=O) groups is 1. The van der Waals surface area contributed by atoms with Crippen LogP contribution in [0.4, 0.5) is 0 Å². The highest BCUT2D eigenvalue weighted by atomic mass is 32.1. The maximum Gasteiger partial charge on any atom is 0.240 e. The molecule has 2 N–H and O–H groups in total. The van der Waals surface area contributed by atoms with Gasteiger partial charge in [-0.05, 0) is 42.6 Å². The quantitative estimate of drug-likeness (QED) is 0.584. The van der Waals surface area contributed by atoms with Crippen LogP contribution in [0.1, 0.15) is 36.5 Å². The van der Waals surface area contributed by atoms with Crippen molar-refractivity contribution < 1.29 is 4.79 Å². The molecule has 1 amide bonds. The molecule has 0 aliphatic carbocycles. The molecule has 0 bridgehead atoms. The minimum Gasteiger partial charge on any atom is -0.354 e. The molecule has 0 fully saturated rings. The normalized spacial score (nSPS) is 11.0. The molecule has 5 nitrogen and oxygen atoms in total. The van der Waals surface area contributed by atoms with Crippen molar-refractivity contribution in [3.8, 4) is 11.4 Å². The van der Waals surface area contributed by atoms with Gasteiger partial charge in [-0.1, -0.05) is 67.9 Å². The lowest BCUT2D eigenvalue weighted by Crippen LogP contribution is -2.29. The molecule has 0 radical (unpaired) electrons. The van der Waals surface area contributed by atoms with E-state index in [1.54, 1.807) is 4.57 Å². The average Bonchev–Trinajstić information content (AvgIpc) is 3.03. The standard InChI is InChI=1S/C22H26N4OS/c1-15(2)18-10-6-17(7-11-18)12-13-23-20(27)14-26-21(24-25-22(26)28)19-8-4-16(3)5-9-19/h4-11,15H,12-14H2,1-3H3,(H,23,27)(H,25,28). The Kier molecular flexibility index (Phi) is 6.41.